The lowest BCUT2D eigenvalue weighted by atomic mass is 10.2. The van der Waals surface area contributed by atoms with Crippen LogP contribution < -0.4 is 5.32 Å². The molecule has 1 atom stereocenters. The molecule has 0 aliphatic carbocycles. The van der Waals surface area contributed by atoms with E-state index in [1.54, 1.807) is 18.2 Å². The minimum Gasteiger partial charge on any atom is -0.379 e. The molecular weight excluding hydrogens is 293 g/mol. The Balaban J connectivity index is 2.05. The third-order valence-electron chi connectivity index (χ3n) is 2.45. The van der Waals surface area contributed by atoms with Crippen LogP contribution in [0.4, 0.5) is 0 Å². The minimum atomic E-state index is -0.0899. The first kappa shape index (κ1) is 11.9. The molecule has 1 aromatic carbocycles. The highest BCUT2D eigenvalue weighted by atomic mass is 79.9. The Morgan fingerprint density at radius 3 is 3.00 bits per heavy atom. The van der Waals surface area contributed by atoms with Gasteiger partial charge in [-0.2, -0.15) is 0 Å². The van der Waals surface area contributed by atoms with E-state index < -0.39 is 0 Å². The predicted molar refractivity (Wildman–Crippen MR) is 65.8 cm³/mol. The average Bonchev–Trinajstić information content (AvgIpc) is 2.74. The Kier molecular flexibility index (Phi) is 3.84. The Morgan fingerprint density at radius 1 is 1.56 bits per heavy atom. The molecule has 1 aliphatic rings. The first-order valence-corrected chi connectivity index (χ1v) is 6.17. The molecule has 0 bridgehead atoms. The second-order valence-corrected chi connectivity index (χ2v) is 4.92. The molecule has 5 heteroatoms. The molecule has 1 saturated heterocycles. The van der Waals surface area contributed by atoms with Gasteiger partial charge in [0.25, 0.3) is 5.91 Å². The van der Waals surface area contributed by atoms with E-state index in [-0.39, 0.29) is 11.9 Å². The van der Waals surface area contributed by atoms with Crippen LogP contribution in [-0.2, 0) is 4.74 Å². The fourth-order valence-corrected chi connectivity index (χ4v) is 2.05. The van der Waals surface area contributed by atoms with Gasteiger partial charge in [-0.25, -0.2) is 0 Å². The number of nitrogens with one attached hydrogen (secondary N) is 1. The van der Waals surface area contributed by atoms with Crippen LogP contribution >= 0.6 is 27.5 Å². The lowest BCUT2D eigenvalue weighted by Crippen LogP contribution is -2.34. The summed E-state index contributed by atoms with van der Waals surface area (Å²) in [5.41, 5.74) is 0.600. The Morgan fingerprint density at radius 2 is 2.38 bits per heavy atom. The molecule has 3 nitrogen and oxygen atoms in total. The van der Waals surface area contributed by atoms with Crippen molar-refractivity contribution in [2.24, 2.45) is 0 Å². The maximum Gasteiger partial charge on any atom is 0.251 e. The number of benzene rings is 1. The van der Waals surface area contributed by atoms with Gasteiger partial charge in [-0.3, -0.25) is 4.79 Å². The first-order chi connectivity index (χ1) is 7.66. The maximum atomic E-state index is 11.8. The molecule has 1 fully saturated rings. The molecule has 0 spiro atoms. The molecular formula is C11H11BrClNO2. The zero-order valence-electron chi connectivity index (χ0n) is 8.50. The summed E-state index contributed by atoms with van der Waals surface area (Å²) in [6.07, 6.45) is 0.875. The first-order valence-electron chi connectivity index (χ1n) is 5.00. The third kappa shape index (κ3) is 2.75. The predicted octanol–water partition coefficient (Wildman–Crippen LogP) is 2.62. The summed E-state index contributed by atoms with van der Waals surface area (Å²) in [6.45, 7) is 1.32. The van der Waals surface area contributed by atoms with E-state index in [0.717, 1.165) is 17.5 Å². The van der Waals surface area contributed by atoms with Crippen LogP contribution in [0.5, 0.6) is 0 Å². The molecule has 86 valence electrons. The van der Waals surface area contributed by atoms with Gasteiger partial charge in [0.1, 0.15) is 0 Å². The second kappa shape index (κ2) is 5.17. The number of hydrogen-bond acceptors (Lipinski definition) is 2. The van der Waals surface area contributed by atoms with E-state index >= 15 is 0 Å². The molecule has 0 radical (unpaired) electrons. The standard InChI is InChI=1S/C11H11BrClNO2/c12-9-5-7(1-2-10(9)13)11(15)14-8-3-4-16-6-8/h1-2,5,8H,3-4,6H2,(H,14,15). The van der Waals surface area contributed by atoms with E-state index in [1.807, 2.05) is 0 Å². The van der Waals surface area contributed by atoms with Crippen molar-refractivity contribution in [2.45, 2.75) is 12.5 Å². The van der Waals surface area contributed by atoms with Crippen LogP contribution in [0.15, 0.2) is 22.7 Å². The number of amides is 1. The van der Waals surface area contributed by atoms with Gasteiger partial charge < -0.3 is 10.1 Å². The fourth-order valence-electron chi connectivity index (χ4n) is 1.55. The van der Waals surface area contributed by atoms with E-state index in [4.69, 9.17) is 16.3 Å². The second-order valence-electron chi connectivity index (χ2n) is 3.66. The molecule has 1 amide bonds. The summed E-state index contributed by atoms with van der Waals surface area (Å²) in [7, 11) is 0. The maximum absolute atomic E-state index is 11.8. The van der Waals surface area contributed by atoms with Gasteiger partial charge >= 0.3 is 0 Å². The van der Waals surface area contributed by atoms with Crippen LogP contribution in [0.1, 0.15) is 16.8 Å². The topological polar surface area (TPSA) is 38.3 Å². The SMILES string of the molecule is O=C(NC1CCOC1)c1ccc(Cl)c(Br)c1. The Labute approximate surface area is 107 Å². The zero-order valence-corrected chi connectivity index (χ0v) is 10.8. The van der Waals surface area contributed by atoms with Crippen LogP contribution in [0, 0.1) is 0 Å². The molecule has 1 N–H and O–H groups in total. The van der Waals surface area contributed by atoms with Crippen molar-refractivity contribution in [3.8, 4) is 0 Å². The van der Waals surface area contributed by atoms with Gasteiger partial charge in [-0.15, -0.1) is 0 Å². The van der Waals surface area contributed by atoms with E-state index in [1.165, 1.54) is 0 Å². The smallest absolute Gasteiger partial charge is 0.251 e. The molecule has 0 saturated carbocycles. The highest BCUT2D eigenvalue weighted by molar-refractivity contribution is 9.10. The third-order valence-corrected chi connectivity index (χ3v) is 3.66. The summed E-state index contributed by atoms with van der Waals surface area (Å²) < 4.78 is 5.92. The normalized spacial score (nSPS) is 19.8. The Bertz CT molecular complexity index is 405. The summed E-state index contributed by atoms with van der Waals surface area (Å²) in [5.74, 6) is -0.0899. The number of ether oxygens (including phenoxy) is 1. The number of hydrogen-bond donors (Lipinski definition) is 1. The van der Waals surface area contributed by atoms with Gasteiger partial charge in [-0.05, 0) is 40.5 Å². The highest BCUT2D eigenvalue weighted by Crippen LogP contribution is 2.23. The van der Waals surface area contributed by atoms with Gasteiger partial charge in [0.15, 0.2) is 0 Å². The van der Waals surface area contributed by atoms with Crippen LogP contribution in [0.3, 0.4) is 0 Å². The average molecular weight is 305 g/mol. The van der Waals surface area contributed by atoms with Crippen LogP contribution in [0.25, 0.3) is 0 Å². The van der Waals surface area contributed by atoms with E-state index in [2.05, 4.69) is 21.2 Å². The number of rotatable bonds is 2. The van der Waals surface area contributed by atoms with Crippen LogP contribution in [-0.4, -0.2) is 25.2 Å². The van der Waals surface area contributed by atoms with E-state index in [9.17, 15) is 4.79 Å². The lowest BCUT2D eigenvalue weighted by Gasteiger charge is -2.10. The number of carbonyl (C=O) groups excluding carboxylic acids is 1. The van der Waals surface area contributed by atoms with E-state index in [0.29, 0.717) is 17.2 Å². The molecule has 16 heavy (non-hydrogen) atoms. The zero-order chi connectivity index (χ0) is 11.5. The molecule has 1 heterocycles. The van der Waals surface area contributed by atoms with Crippen molar-refractivity contribution < 1.29 is 9.53 Å². The largest absolute Gasteiger partial charge is 0.379 e. The number of halogens is 2. The molecule has 1 aliphatic heterocycles. The molecule has 1 aromatic rings. The van der Waals surface area contributed by atoms with Gasteiger partial charge in [0.05, 0.1) is 17.7 Å². The quantitative estimate of drug-likeness (QED) is 0.912. The molecule has 1 unspecified atom stereocenters. The van der Waals surface area contributed by atoms with Crippen molar-refractivity contribution in [3.05, 3.63) is 33.3 Å². The summed E-state index contributed by atoms with van der Waals surface area (Å²) in [6, 6.07) is 5.25. The van der Waals surface area contributed by atoms with Crippen molar-refractivity contribution in [1.82, 2.24) is 5.32 Å². The number of carbonyl (C=O) groups is 1. The monoisotopic (exact) mass is 303 g/mol. The summed E-state index contributed by atoms with van der Waals surface area (Å²) in [5, 5.41) is 3.51. The lowest BCUT2D eigenvalue weighted by molar-refractivity contribution is 0.0930. The molecule has 2 rings (SSSR count). The van der Waals surface area contributed by atoms with Crippen LogP contribution in [0.2, 0.25) is 5.02 Å². The summed E-state index contributed by atoms with van der Waals surface area (Å²) >= 11 is 9.15. The van der Waals surface area contributed by atoms with Crippen molar-refractivity contribution in [1.29, 1.82) is 0 Å². The fraction of sp³-hybridized carbons (Fsp3) is 0.364. The highest BCUT2D eigenvalue weighted by Gasteiger charge is 2.18. The van der Waals surface area contributed by atoms with Crippen molar-refractivity contribution in [2.75, 3.05) is 13.2 Å². The molecule has 0 aromatic heterocycles. The van der Waals surface area contributed by atoms with Crippen molar-refractivity contribution >= 4 is 33.4 Å². The summed E-state index contributed by atoms with van der Waals surface area (Å²) in [4.78, 5) is 11.8. The minimum absolute atomic E-state index is 0.0899. The van der Waals surface area contributed by atoms with Gasteiger partial charge in [0, 0.05) is 16.6 Å². The van der Waals surface area contributed by atoms with Gasteiger partial charge in [0.2, 0.25) is 0 Å². The van der Waals surface area contributed by atoms with Gasteiger partial charge in [-0.1, -0.05) is 11.6 Å². The van der Waals surface area contributed by atoms with Crippen molar-refractivity contribution in [3.63, 3.8) is 0 Å². The Hall–Kier alpha value is -0.580.